The monoisotopic (exact) mass is 531 g/mol. The molecule has 0 unspecified atom stereocenters. The van der Waals surface area contributed by atoms with Crippen LogP contribution in [0, 0.1) is 6.92 Å². The molecule has 3 aromatic rings. The van der Waals surface area contributed by atoms with Gasteiger partial charge in [-0.25, -0.2) is 23.5 Å². The number of halogens is 6. The second kappa shape index (κ2) is 8.87. The van der Waals surface area contributed by atoms with Crippen molar-refractivity contribution < 1.29 is 31.9 Å². The molecule has 1 saturated heterocycles. The summed E-state index contributed by atoms with van der Waals surface area (Å²) in [5, 5.41) is 12.1. The van der Waals surface area contributed by atoms with Crippen LogP contribution in [0.2, 0.25) is 5.15 Å². The molecular formula is C22H19ClF5N5O3. The summed E-state index contributed by atoms with van der Waals surface area (Å²) in [4.78, 5) is 33.9. The molecule has 0 aliphatic carbocycles. The fourth-order valence-electron chi connectivity index (χ4n) is 4.07. The summed E-state index contributed by atoms with van der Waals surface area (Å²) in [5.74, 6) is -4.47. The van der Waals surface area contributed by atoms with Crippen molar-refractivity contribution in [3.05, 3.63) is 62.3 Å². The quantitative estimate of drug-likeness (QED) is 0.361. The molecule has 2 N–H and O–H groups in total. The molecule has 0 spiro atoms. The third-order valence-corrected chi connectivity index (χ3v) is 6.06. The van der Waals surface area contributed by atoms with Gasteiger partial charge in [0.25, 0.3) is 11.5 Å². The molecule has 1 aliphatic heterocycles. The maximum atomic E-state index is 13.8. The van der Waals surface area contributed by atoms with Crippen LogP contribution in [0.25, 0.3) is 5.65 Å². The molecule has 4 heterocycles. The summed E-state index contributed by atoms with van der Waals surface area (Å²) in [5.41, 5.74) is -2.87. The van der Waals surface area contributed by atoms with Crippen molar-refractivity contribution in [2.45, 2.75) is 38.4 Å². The lowest BCUT2D eigenvalue weighted by molar-refractivity contribution is -0.137. The van der Waals surface area contributed by atoms with E-state index in [-0.39, 0.29) is 40.0 Å². The lowest BCUT2D eigenvalue weighted by atomic mass is 10.1. The Morgan fingerprint density at radius 3 is 2.56 bits per heavy atom. The van der Waals surface area contributed by atoms with E-state index in [1.54, 1.807) is 0 Å². The fourth-order valence-corrected chi connectivity index (χ4v) is 4.21. The van der Waals surface area contributed by atoms with Gasteiger partial charge < -0.3 is 15.3 Å². The van der Waals surface area contributed by atoms with Gasteiger partial charge in [0, 0.05) is 24.7 Å². The van der Waals surface area contributed by atoms with E-state index in [0.717, 1.165) is 10.5 Å². The summed E-state index contributed by atoms with van der Waals surface area (Å²) in [6.07, 6.45) is -4.67. The molecular weight excluding hydrogens is 513 g/mol. The van der Waals surface area contributed by atoms with Gasteiger partial charge in [0.2, 0.25) is 0 Å². The predicted octanol–water partition coefficient (Wildman–Crippen LogP) is 4.79. The van der Waals surface area contributed by atoms with Gasteiger partial charge >= 0.3 is 12.1 Å². The topological polar surface area (TPSA) is 99.8 Å². The molecule has 0 radical (unpaired) electrons. The Bertz CT molecular complexity index is 1430. The number of carboxylic acid groups (broad SMARTS) is 1. The van der Waals surface area contributed by atoms with Crippen molar-refractivity contribution in [2.24, 2.45) is 0 Å². The maximum absolute atomic E-state index is 13.8. The minimum absolute atomic E-state index is 0.0381. The number of hydrogen-bond acceptors (Lipinski definition) is 6. The Morgan fingerprint density at radius 2 is 1.97 bits per heavy atom. The van der Waals surface area contributed by atoms with Crippen molar-refractivity contribution in [1.29, 1.82) is 0 Å². The van der Waals surface area contributed by atoms with Crippen molar-refractivity contribution >= 4 is 34.7 Å². The van der Waals surface area contributed by atoms with Crippen LogP contribution in [-0.4, -0.2) is 44.5 Å². The first-order valence-electron chi connectivity index (χ1n) is 10.6. The lowest BCUT2D eigenvalue weighted by Crippen LogP contribution is -2.31. The highest BCUT2D eigenvalue weighted by atomic mass is 35.5. The number of hydrogen-bond donors (Lipinski definition) is 2. The third kappa shape index (κ3) is 4.79. The number of nitrogens with zero attached hydrogens (tertiary/aromatic N) is 4. The Hall–Kier alpha value is -3.48. The summed E-state index contributed by atoms with van der Waals surface area (Å²) >= 11 is 5.76. The first kappa shape index (κ1) is 25.6. The Kier molecular flexibility index (Phi) is 6.31. The Labute approximate surface area is 205 Å². The standard InChI is InChI=1S/C22H19ClF5N5O3/c1-10-17(32-6-5-21(24,25)9-32)31-18-13(7-12(22(26,27)28)8-33(18)19(10)34)11(2)29-14-3-4-15(23)30-16(14)20(35)36/h3-4,7-8,11,29H,5-6,9H2,1-2H3,(H,35,36)/t11-/m1/s1. The number of fused-ring (bicyclic) bond motifs is 1. The van der Waals surface area contributed by atoms with Crippen molar-refractivity contribution in [1.82, 2.24) is 14.4 Å². The third-order valence-electron chi connectivity index (χ3n) is 5.85. The molecule has 3 aromatic heterocycles. The minimum Gasteiger partial charge on any atom is -0.476 e. The van der Waals surface area contributed by atoms with Crippen LogP contribution >= 0.6 is 11.6 Å². The number of carboxylic acids is 1. The minimum atomic E-state index is -4.82. The summed E-state index contributed by atoms with van der Waals surface area (Å²) in [7, 11) is 0. The van der Waals surface area contributed by atoms with Crippen LogP contribution in [0.15, 0.2) is 29.2 Å². The highest BCUT2D eigenvalue weighted by molar-refractivity contribution is 6.29. The van der Waals surface area contributed by atoms with Crippen molar-refractivity contribution in [2.75, 3.05) is 23.3 Å². The molecule has 0 saturated carbocycles. The zero-order chi connectivity index (χ0) is 26.6. The van der Waals surface area contributed by atoms with Gasteiger partial charge in [-0.1, -0.05) is 11.6 Å². The van der Waals surface area contributed by atoms with E-state index in [2.05, 4.69) is 15.3 Å². The number of pyridine rings is 2. The summed E-state index contributed by atoms with van der Waals surface area (Å²) in [6, 6.07) is 2.35. The van der Waals surface area contributed by atoms with Gasteiger partial charge in [-0.05, 0) is 32.0 Å². The zero-order valence-corrected chi connectivity index (χ0v) is 19.6. The highest BCUT2D eigenvalue weighted by Crippen LogP contribution is 2.35. The maximum Gasteiger partial charge on any atom is 0.417 e. The SMILES string of the molecule is Cc1c(N2CCC(F)(F)C2)nc2c([C@@H](C)Nc3ccc(Cl)nc3C(=O)O)cc(C(F)(F)F)cn2c1=O. The number of nitrogens with one attached hydrogen (secondary N) is 1. The molecule has 192 valence electrons. The second-order valence-corrected chi connectivity index (χ2v) is 8.86. The fraction of sp³-hybridized carbons (Fsp3) is 0.364. The number of alkyl halides is 5. The van der Waals surface area contributed by atoms with Crippen LogP contribution in [0.4, 0.5) is 33.5 Å². The van der Waals surface area contributed by atoms with Crippen LogP contribution in [0.1, 0.15) is 46.6 Å². The number of rotatable bonds is 5. The van der Waals surface area contributed by atoms with Crippen LogP contribution < -0.4 is 15.8 Å². The van der Waals surface area contributed by atoms with Gasteiger partial charge in [0.15, 0.2) is 5.69 Å². The van der Waals surface area contributed by atoms with Crippen molar-refractivity contribution in [3.63, 3.8) is 0 Å². The number of aromatic carboxylic acids is 1. The van der Waals surface area contributed by atoms with E-state index in [0.29, 0.717) is 6.20 Å². The average molecular weight is 532 g/mol. The molecule has 0 aromatic carbocycles. The first-order valence-corrected chi connectivity index (χ1v) is 11.0. The lowest BCUT2D eigenvalue weighted by Gasteiger charge is -2.23. The average Bonchev–Trinajstić information content (AvgIpc) is 3.15. The number of anilines is 2. The van der Waals surface area contributed by atoms with E-state index in [1.807, 2.05) is 0 Å². The molecule has 8 nitrogen and oxygen atoms in total. The molecule has 14 heteroatoms. The van der Waals surface area contributed by atoms with Gasteiger partial charge in [-0.3, -0.25) is 9.20 Å². The van der Waals surface area contributed by atoms with E-state index in [9.17, 15) is 36.6 Å². The van der Waals surface area contributed by atoms with Gasteiger partial charge in [0.1, 0.15) is 16.6 Å². The van der Waals surface area contributed by atoms with Crippen molar-refractivity contribution in [3.8, 4) is 0 Å². The molecule has 1 atom stereocenters. The Balaban J connectivity index is 1.90. The molecule has 36 heavy (non-hydrogen) atoms. The number of aromatic nitrogens is 3. The summed E-state index contributed by atoms with van der Waals surface area (Å²) < 4.78 is 69.5. The molecule has 1 aliphatic rings. The predicted molar refractivity (Wildman–Crippen MR) is 121 cm³/mol. The van der Waals surface area contributed by atoms with Crippen LogP contribution in [-0.2, 0) is 6.18 Å². The highest BCUT2D eigenvalue weighted by Gasteiger charge is 2.40. The summed E-state index contributed by atoms with van der Waals surface area (Å²) in [6.45, 7) is 1.98. The van der Waals surface area contributed by atoms with Crippen LogP contribution in [0.5, 0.6) is 0 Å². The number of carbonyl (C=O) groups is 1. The second-order valence-electron chi connectivity index (χ2n) is 8.47. The molecule has 0 amide bonds. The zero-order valence-electron chi connectivity index (χ0n) is 18.8. The van der Waals surface area contributed by atoms with Gasteiger partial charge in [-0.2, -0.15) is 13.2 Å². The normalized spacial score (nSPS) is 16.4. The first-order chi connectivity index (χ1) is 16.7. The van der Waals surface area contributed by atoms with E-state index in [1.165, 1.54) is 30.9 Å². The largest absolute Gasteiger partial charge is 0.476 e. The van der Waals surface area contributed by atoms with E-state index >= 15 is 0 Å². The van der Waals surface area contributed by atoms with E-state index < -0.39 is 53.9 Å². The van der Waals surface area contributed by atoms with Gasteiger partial charge in [0.05, 0.1) is 29.4 Å². The molecule has 4 rings (SSSR count). The molecule has 0 bridgehead atoms. The van der Waals surface area contributed by atoms with Gasteiger partial charge in [-0.15, -0.1) is 0 Å². The van der Waals surface area contributed by atoms with E-state index in [4.69, 9.17) is 11.6 Å². The Morgan fingerprint density at radius 1 is 1.28 bits per heavy atom. The van der Waals surface area contributed by atoms with Crippen LogP contribution in [0.3, 0.4) is 0 Å². The smallest absolute Gasteiger partial charge is 0.417 e. The molecule has 1 fully saturated rings.